The maximum atomic E-state index is 9.39. The molecule has 59 valence electrons. The Balaban J connectivity index is 0. The first kappa shape index (κ1) is 13.1. The van der Waals surface area contributed by atoms with E-state index < -0.39 is 13.8 Å². The largest absolute Gasteiger partial charge is 0.466 e. The van der Waals surface area contributed by atoms with Crippen LogP contribution in [0.25, 0.3) is 0 Å². The molecule has 0 aliphatic rings. The minimum absolute atomic E-state index is 0.312. The second-order valence-electron chi connectivity index (χ2n) is 1.08. The Labute approximate surface area is 72.0 Å². The van der Waals surface area contributed by atoms with Gasteiger partial charge in [0.25, 0.3) is 0 Å². The van der Waals surface area contributed by atoms with Gasteiger partial charge in [-0.2, -0.15) is 0 Å². The molecule has 0 aliphatic carbocycles. The molecule has 6 nitrogen and oxygen atoms in total. The maximum Gasteiger partial charge on any atom is 0.466 e. The molecular weight excluding hydrogens is 242 g/mol. The topological polar surface area (TPSA) is 115 Å². The molecule has 0 amide bonds. The van der Waals surface area contributed by atoms with Crippen molar-refractivity contribution in [2.75, 3.05) is 0 Å². The molecule has 8 heteroatoms. The third-order valence-electron chi connectivity index (χ3n) is 0.151. The summed E-state index contributed by atoms with van der Waals surface area (Å²) in [5.41, 5.74) is 0. The van der Waals surface area contributed by atoms with E-state index in [1.165, 1.54) is 0 Å². The summed E-state index contributed by atoms with van der Waals surface area (Å²) in [6.07, 6.45) is 0. The van der Waals surface area contributed by atoms with Gasteiger partial charge in [0.05, 0.1) is 0 Å². The molecule has 0 radical (unpaired) electrons. The average Bonchev–Trinajstić information content (AvgIpc) is 1.61. The van der Waals surface area contributed by atoms with Gasteiger partial charge in [-0.1, -0.05) is 0 Å². The molecule has 4 N–H and O–H groups in total. The van der Waals surface area contributed by atoms with Crippen LogP contribution in [0.15, 0.2) is 0 Å². The third kappa shape index (κ3) is 77.7. The van der Waals surface area contributed by atoms with Crippen molar-refractivity contribution >= 4 is 13.8 Å². The first-order chi connectivity index (χ1) is 4.27. The van der Waals surface area contributed by atoms with Gasteiger partial charge in [-0.05, 0) is 0 Å². The van der Waals surface area contributed by atoms with Gasteiger partial charge < -0.3 is 14.7 Å². The summed E-state index contributed by atoms with van der Waals surface area (Å²) in [4.78, 5) is 31.0. The Morgan fingerprint density at radius 1 is 1.40 bits per heavy atom. The molecule has 0 heterocycles. The molecule has 10 heavy (non-hydrogen) atoms. The Kier molecular flexibility index (Phi) is 8.10. The molecule has 0 aromatic heterocycles. The predicted molar refractivity (Wildman–Crippen MR) is 26.7 cm³/mol. The number of carboxylic acids is 1. The van der Waals surface area contributed by atoms with Crippen LogP contribution in [0.2, 0.25) is 4.13 Å². The second-order valence-corrected chi connectivity index (χ2v) is 2.98. The van der Waals surface area contributed by atoms with Gasteiger partial charge in [0, 0.05) is 0 Å². The van der Waals surface area contributed by atoms with Crippen molar-refractivity contribution < 1.29 is 53.9 Å². The Bertz CT molecular complexity index is 130. The molecule has 0 unspecified atom stereocenters. The van der Waals surface area contributed by atoms with Gasteiger partial charge >= 0.3 is 52.5 Å². The minimum atomic E-state index is -4.64. The first-order valence-electron chi connectivity index (χ1n) is 1.92. The zero-order valence-electron chi connectivity index (χ0n) is 4.76. The van der Waals surface area contributed by atoms with Crippen LogP contribution in [0.5, 0.6) is 0 Å². The fourth-order valence-electron chi connectivity index (χ4n) is 0. The van der Waals surface area contributed by atoms with Crippen LogP contribution in [-0.2, 0) is 34.1 Å². The molecule has 0 aromatic rings. The third-order valence-corrected chi connectivity index (χ3v) is 0.895. The second kappa shape index (κ2) is 6.19. The molecule has 0 bridgehead atoms. The zero-order chi connectivity index (χ0) is 8.78. The van der Waals surface area contributed by atoms with Crippen LogP contribution in [0.1, 0.15) is 0 Å². The summed E-state index contributed by atoms with van der Waals surface area (Å²) in [7, 11) is -4.64. The van der Waals surface area contributed by atoms with E-state index in [1.54, 1.807) is 0 Å². The smallest absolute Gasteiger partial charge is 0.303 e. The summed E-state index contributed by atoms with van der Waals surface area (Å²) in [5, 5.41) is 7.74. The SMILES string of the molecule is O=C(O)[CH2][Zr].O=P(O)(O)O. The number of carboxylic acid groups (broad SMARTS) is 1. The van der Waals surface area contributed by atoms with Gasteiger partial charge in [0.15, 0.2) is 0 Å². The van der Waals surface area contributed by atoms with Crippen molar-refractivity contribution in [3.63, 3.8) is 0 Å². The summed E-state index contributed by atoms with van der Waals surface area (Å²) < 4.78 is 9.19. The molecule has 0 spiro atoms. The fourth-order valence-corrected chi connectivity index (χ4v) is 0. The molecule has 0 atom stereocenters. The number of phosphoric acid groups is 1. The summed E-state index contributed by atoms with van der Waals surface area (Å²) in [6, 6.07) is 0. The van der Waals surface area contributed by atoms with Crippen molar-refractivity contribution in [2.45, 2.75) is 4.13 Å². The molecular formula is C2H6O6PZr. The number of hydrogen-bond donors (Lipinski definition) is 4. The Hall–Kier alpha value is 0.463. The van der Waals surface area contributed by atoms with Crippen molar-refractivity contribution in [1.29, 1.82) is 0 Å². The predicted octanol–water partition coefficient (Wildman–Crippen LogP) is -0.893. The quantitative estimate of drug-likeness (QED) is 0.447. The van der Waals surface area contributed by atoms with Gasteiger partial charge in [-0.25, -0.2) is 4.57 Å². The monoisotopic (exact) mass is 247 g/mol. The maximum absolute atomic E-state index is 9.39. The minimum Gasteiger partial charge on any atom is -0.303 e. The summed E-state index contributed by atoms with van der Waals surface area (Å²) >= 11 is 1.06. The molecule has 0 rings (SSSR count). The van der Waals surface area contributed by atoms with Crippen LogP contribution in [0.3, 0.4) is 0 Å². The zero-order valence-corrected chi connectivity index (χ0v) is 8.11. The van der Waals surface area contributed by atoms with E-state index in [4.69, 9.17) is 24.4 Å². The fraction of sp³-hybridized carbons (Fsp3) is 0.500. The number of aliphatic carboxylic acids is 1. The van der Waals surface area contributed by atoms with Crippen LogP contribution in [0.4, 0.5) is 0 Å². The van der Waals surface area contributed by atoms with Crippen molar-refractivity contribution in [3.8, 4) is 0 Å². The molecule has 0 saturated heterocycles. The number of rotatable bonds is 1. The van der Waals surface area contributed by atoms with E-state index in [0.29, 0.717) is 4.13 Å². The van der Waals surface area contributed by atoms with Crippen LogP contribution in [0, 0.1) is 0 Å². The van der Waals surface area contributed by atoms with Crippen LogP contribution < -0.4 is 0 Å². The van der Waals surface area contributed by atoms with Gasteiger partial charge in [-0.3, -0.25) is 0 Å². The van der Waals surface area contributed by atoms with Crippen LogP contribution >= 0.6 is 7.82 Å². The van der Waals surface area contributed by atoms with Crippen molar-refractivity contribution in [2.24, 2.45) is 0 Å². The van der Waals surface area contributed by atoms with E-state index in [2.05, 4.69) is 0 Å². The standard InChI is InChI=1S/C2H3O2.H3O4P.Zr/c1-2(3)4;1-5(2,3)4;/h1H2,(H,3,4);(H3,1,2,3,4);. The average molecular weight is 248 g/mol. The first-order valence-corrected chi connectivity index (χ1v) is 5.22. The normalized spacial score (nSPS) is 9.40. The van der Waals surface area contributed by atoms with Crippen molar-refractivity contribution in [3.05, 3.63) is 0 Å². The van der Waals surface area contributed by atoms with Crippen LogP contribution in [-0.4, -0.2) is 25.8 Å². The van der Waals surface area contributed by atoms with E-state index in [9.17, 15) is 4.79 Å². The van der Waals surface area contributed by atoms with Gasteiger partial charge in [0.1, 0.15) is 0 Å². The van der Waals surface area contributed by atoms with E-state index in [0.717, 1.165) is 24.7 Å². The summed E-state index contributed by atoms with van der Waals surface area (Å²) in [6.45, 7) is 0. The Morgan fingerprint density at radius 3 is 1.50 bits per heavy atom. The van der Waals surface area contributed by atoms with E-state index in [-0.39, 0.29) is 0 Å². The number of carbonyl (C=O) groups is 1. The van der Waals surface area contributed by atoms with Gasteiger partial charge in [-0.15, -0.1) is 0 Å². The van der Waals surface area contributed by atoms with Crippen molar-refractivity contribution in [1.82, 2.24) is 0 Å². The van der Waals surface area contributed by atoms with E-state index in [1.807, 2.05) is 0 Å². The molecule has 0 aromatic carbocycles. The molecule has 0 fully saturated rings. The Morgan fingerprint density at radius 2 is 1.50 bits per heavy atom. The van der Waals surface area contributed by atoms with E-state index >= 15 is 0 Å². The number of hydrogen-bond acceptors (Lipinski definition) is 2. The molecule has 0 aliphatic heterocycles. The van der Waals surface area contributed by atoms with Gasteiger partial charge in [0.2, 0.25) is 0 Å². The summed E-state index contributed by atoms with van der Waals surface area (Å²) in [5.74, 6) is -0.705. The molecule has 0 saturated carbocycles.